The molecule has 1 unspecified atom stereocenters. The number of nitrogens with zero attached hydrogens (tertiary/aromatic N) is 4. The first kappa shape index (κ1) is 15.1. The van der Waals surface area contributed by atoms with Crippen molar-refractivity contribution in [2.45, 2.75) is 31.8 Å². The Morgan fingerprint density at radius 1 is 1.33 bits per heavy atom. The average Bonchev–Trinajstić information content (AvgIpc) is 3.07. The maximum absolute atomic E-state index is 12.6. The third-order valence-corrected chi connectivity index (χ3v) is 4.61. The number of rotatable bonds is 3. The first-order valence-corrected chi connectivity index (χ1v) is 8.41. The molecule has 4 heterocycles. The predicted molar refractivity (Wildman–Crippen MR) is 88.7 cm³/mol. The minimum Gasteiger partial charge on any atom is -0.346 e. The summed E-state index contributed by atoms with van der Waals surface area (Å²) in [6.45, 7) is 3.26. The minimum absolute atomic E-state index is 0.0824. The first-order valence-electron chi connectivity index (χ1n) is 8.41. The molecule has 0 bridgehead atoms. The number of anilines is 1. The van der Waals surface area contributed by atoms with Gasteiger partial charge in [-0.05, 0) is 18.9 Å². The van der Waals surface area contributed by atoms with Crippen molar-refractivity contribution in [3.63, 3.8) is 0 Å². The summed E-state index contributed by atoms with van der Waals surface area (Å²) >= 11 is 0. The molecule has 2 aromatic rings. The molecule has 4 rings (SSSR count). The Hall–Kier alpha value is -2.48. The Morgan fingerprint density at radius 2 is 2.21 bits per heavy atom. The van der Waals surface area contributed by atoms with E-state index in [1.54, 1.807) is 12.4 Å². The first-order chi connectivity index (χ1) is 11.8. The van der Waals surface area contributed by atoms with Crippen molar-refractivity contribution < 1.29 is 4.79 Å². The lowest BCUT2D eigenvalue weighted by Crippen LogP contribution is -2.48. The zero-order valence-electron chi connectivity index (χ0n) is 13.5. The standard InChI is InChI=1S/C16H21N7O/c24-15(14-12-9-17-7-4-13(12)21-22-14)20-11-3-1-8-23(10-11)16-18-5-2-6-19-16/h2,5-6,11,17H,1,3-4,7-10H2,(H,20,24)(H,21,22). The normalized spacial score (nSPS) is 20.5. The third kappa shape index (κ3) is 2.96. The van der Waals surface area contributed by atoms with Crippen LogP contribution in [0.25, 0.3) is 0 Å². The lowest BCUT2D eigenvalue weighted by molar-refractivity contribution is 0.0926. The Kier molecular flexibility index (Phi) is 4.12. The van der Waals surface area contributed by atoms with Crippen LogP contribution in [-0.4, -0.2) is 51.7 Å². The number of nitrogens with one attached hydrogen (secondary N) is 3. The molecule has 1 atom stereocenters. The van der Waals surface area contributed by atoms with E-state index in [1.807, 2.05) is 6.07 Å². The molecule has 0 aliphatic carbocycles. The lowest BCUT2D eigenvalue weighted by Gasteiger charge is -2.33. The summed E-state index contributed by atoms with van der Waals surface area (Å²) in [5.74, 6) is 0.620. The van der Waals surface area contributed by atoms with Gasteiger partial charge < -0.3 is 15.5 Å². The number of aromatic amines is 1. The van der Waals surface area contributed by atoms with Crippen LogP contribution in [0.4, 0.5) is 5.95 Å². The fourth-order valence-electron chi connectivity index (χ4n) is 3.40. The Morgan fingerprint density at radius 3 is 3.08 bits per heavy atom. The van der Waals surface area contributed by atoms with Crippen LogP contribution >= 0.6 is 0 Å². The Bertz CT molecular complexity index is 714. The summed E-state index contributed by atoms with van der Waals surface area (Å²) in [5, 5.41) is 13.6. The molecular formula is C16H21N7O. The zero-order valence-corrected chi connectivity index (χ0v) is 13.5. The van der Waals surface area contributed by atoms with Crippen molar-refractivity contribution in [3.8, 4) is 0 Å². The van der Waals surface area contributed by atoms with Crippen molar-refractivity contribution in [3.05, 3.63) is 35.4 Å². The van der Waals surface area contributed by atoms with E-state index in [9.17, 15) is 4.79 Å². The molecule has 0 radical (unpaired) electrons. The molecule has 2 aromatic heterocycles. The molecule has 2 aliphatic heterocycles. The summed E-state index contributed by atoms with van der Waals surface area (Å²) in [6.07, 6.45) is 6.34. The maximum Gasteiger partial charge on any atom is 0.272 e. The van der Waals surface area contributed by atoms with Gasteiger partial charge in [0.05, 0.1) is 0 Å². The van der Waals surface area contributed by atoms with E-state index >= 15 is 0 Å². The van der Waals surface area contributed by atoms with Crippen LogP contribution in [0.15, 0.2) is 18.5 Å². The molecule has 2 aliphatic rings. The number of carbonyl (C=O) groups excluding carboxylic acids is 1. The van der Waals surface area contributed by atoms with Gasteiger partial charge in [0.2, 0.25) is 5.95 Å². The molecule has 3 N–H and O–H groups in total. The molecule has 1 saturated heterocycles. The lowest BCUT2D eigenvalue weighted by atomic mass is 10.0. The number of hydrogen-bond acceptors (Lipinski definition) is 6. The van der Waals surface area contributed by atoms with Gasteiger partial charge in [0.15, 0.2) is 5.69 Å². The van der Waals surface area contributed by atoms with Gasteiger partial charge in [-0.15, -0.1) is 0 Å². The monoisotopic (exact) mass is 327 g/mol. The minimum atomic E-state index is -0.1000. The summed E-state index contributed by atoms with van der Waals surface area (Å²) in [7, 11) is 0. The smallest absolute Gasteiger partial charge is 0.272 e. The second-order valence-corrected chi connectivity index (χ2v) is 6.26. The molecule has 126 valence electrons. The summed E-state index contributed by atoms with van der Waals surface area (Å²) in [4.78, 5) is 23.3. The van der Waals surface area contributed by atoms with Gasteiger partial charge in [0.25, 0.3) is 5.91 Å². The van der Waals surface area contributed by atoms with Crippen LogP contribution in [-0.2, 0) is 13.0 Å². The number of hydrogen-bond donors (Lipinski definition) is 3. The quantitative estimate of drug-likeness (QED) is 0.747. The zero-order chi connectivity index (χ0) is 16.4. The molecule has 8 heteroatoms. The van der Waals surface area contributed by atoms with Crippen LogP contribution in [0.5, 0.6) is 0 Å². The molecule has 0 aromatic carbocycles. The summed E-state index contributed by atoms with van der Waals surface area (Å²) in [6, 6.07) is 1.89. The fraction of sp³-hybridized carbons (Fsp3) is 0.500. The van der Waals surface area contributed by atoms with Gasteiger partial charge in [-0.2, -0.15) is 5.10 Å². The molecule has 1 fully saturated rings. The molecule has 0 spiro atoms. The Labute approximate surface area is 140 Å². The second-order valence-electron chi connectivity index (χ2n) is 6.26. The molecular weight excluding hydrogens is 306 g/mol. The molecule has 8 nitrogen and oxygen atoms in total. The van der Waals surface area contributed by atoms with Gasteiger partial charge in [-0.3, -0.25) is 9.89 Å². The van der Waals surface area contributed by atoms with E-state index in [1.165, 1.54) is 0 Å². The summed E-state index contributed by atoms with van der Waals surface area (Å²) in [5.41, 5.74) is 2.59. The van der Waals surface area contributed by atoms with E-state index in [0.717, 1.165) is 56.1 Å². The van der Waals surface area contributed by atoms with Crippen molar-refractivity contribution in [2.24, 2.45) is 0 Å². The van der Waals surface area contributed by atoms with Crippen molar-refractivity contribution in [1.29, 1.82) is 0 Å². The van der Waals surface area contributed by atoms with E-state index in [0.29, 0.717) is 12.2 Å². The Balaban J connectivity index is 1.43. The average molecular weight is 327 g/mol. The van der Waals surface area contributed by atoms with Gasteiger partial charge in [-0.1, -0.05) is 0 Å². The van der Waals surface area contributed by atoms with Crippen molar-refractivity contribution >= 4 is 11.9 Å². The highest BCUT2D eigenvalue weighted by molar-refractivity contribution is 5.94. The number of amides is 1. The number of carbonyl (C=O) groups is 1. The van der Waals surface area contributed by atoms with Gasteiger partial charge >= 0.3 is 0 Å². The predicted octanol–water partition coefficient (Wildman–Crippen LogP) is 0.244. The van der Waals surface area contributed by atoms with Gasteiger partial charge in [0.1, 0.15) is 0 Å². The van der Waals surface area contributed by atoms with E-state index in [4.69, 9.17) is 0 Å². The molecule has 1 amide bonds. The van der Waals surface area contributed by atoms with Crippen molar-refractivity contribution in [2.75, 3.05) is 24.5 Å². The topological polar surface area (TPSA) is 98.8 Å². The van der Waals surface area contributed by atoms with E-state index in [2.05, 4.69) is 35.7 Å². The van der Waals surface area contributed by atoms with E-state index in [-0.39, 0.29) is 11.9 Å². The third-order valence-electron chi connectivity index (χ3n) is 4.61. The highest BCUT2D eigenvalue weighted by atomic mass is 16.2. The highest BCUT2D eigenvalue weighted by Crippen LogP contribution is 2.18. The SMILES string of the molecule is O=C(NC1CCCN(c2ncccn2)C1)c1n[nH]c2c1CNCC2. The van der Waals surface area contributed by atoms with Gasteiger partial charge in [0, 0.05) is 62.3 Å². The van der Waals surface area contributed by atoms with Crippen LogP contribution in [0, 0.1) is 0 Å². The summed E-state index contributed by atoms with van der Waals surface area (Å²) < 4.78 is 0. The number of H-pyrrole nitrogens is 1. The highest BCUT2D eigenvalue weighted by Gasteiger charge is 2.26. The fourth-order valence-corrected chi connectivity index (χ4v) is 3.40. The second kappa shape index (κ2) is 6.56. The largest absolute Gasteiger partial charge is 0.346 e. The maximum atomic E-state index is 12.6. The van der Waals surface area contributed by atoms with Crippen LogP contribution in [0.2, 0.25) is 0 Å². The number of fused-ring (bicyclic) bond motifs is 1. The van der Waals surface area contributed by atoms with Crippen LogP contribution < -0.4 is 15.5 Å². The molecule has 0 saturated carbocycles. The van der Waals surface area contributed by atoms with Crippen LogP contribution in [0.1, 0.15) is 34.6 Å². The van der Waals surface area contributed by atoms with Crippen LogP contribution in [0.3, 0.4) is 0 Å². The molecule has 24 heavy (non-hydrogen) atoms. The number of aromatic nitrogens is 4. The van der Waals surface area contributed by atoms with Crippen molar-refractivity contribution in [1.82, 2.24) is 30.8 Å². The number of piperidine rings is 1. The van der Waals surface area contributed by atoms with Gasteiger partial charge in [-0.25, -0.2) is 9.97 Å². The van der Waals surface area contributed by atoms with E-state index < -0.39 is 0 Å².